The molecule has 124 valence electrons. The Morgan fingerprint density at radius 1 is 1.30 bits per heavy atom. The second-order valence-corrected chi connectivity index (χ2v) is 4.80. The largest absolute Gasteiger partial charge is 0.466 e. The Morgan fingerprint density at radius 3 is 2.52 bits per heavy atom. The minimum atomic E-state index is -4.69. The Labute approximate surface area is 128 Å². The van der Waals surface area contributed by atoms with E-state index in [2.05, 4.69) is 15.4 Å². The molecule has 23 heavy (non-hydrogen) atoms. The molecule has 2 amide bonds. The van der Waals surface area contributed by atoms with Crippen molar-refractivity contribution in [1.82, 2.24) is 10.6 Å². The molecule has 1 aliphatic heterocycles. The molecule has 0 aromatic heterocycles. The van der Waals surface area contributed by atoms with Gasteiger partial charge < -0.3 is 15.4 Å². The fraction of sp³-hybridized carbons (Fsp3) is 0.286. The summed E-state index contributed by atoms with van der Waals surface area (Å²) in [7, 11) is 1.07. The number of urea groups is 1. The highest BCUT2D eigenvalue weighted by molar-refractivity contribution is 5.94. The van der Waals surface area contributed by atoms with E-state index in [4.69, 9.17) is 0 Å². The van der Waals surface area contributed by atoms with Crippen LogP contribution in [-0.2, 0) is 15.7 Å². The van der Waals surface area contributed by atoms with Gasteiger partial charge in [0, 0.05) is 11.3 Å². The lowest BCUT2D eigenvalue weighted by atomic mass is 9.93. The van der Waals surface area contributed by atoms with Gasteiger partial charge in [0.15, 0.2) is 0 Å². The van der Waals surface area contributed by atoms with Crippen LogP contribution in [0.2, 0.25) is 0 Å². The molecular weight excluding hydrogens is 320 g/mol. The molecule has 0 spiro atoms. The molecule has 0 bridgehead atoms. The molecular formula is C14H12F4N2O3. The first-order valence-electron chi connectivity index (χ1n) is 6.38. The Morgan fingerprint density at radius 2 is 1.96 bits per heavy atom. The van der Waals surface area contributed by atoms with Crippen molar-refractivity contribution in [2.45, 2.75) is 19.1 Å². The van der Waals surface area contributed by atoms with E-state index in [-0.39, 0.29) is 11.3 Å². The topological polar surface area (TPSA) is 67.4 Å². The molecule has 0 saturated heterocycles. The van der Waals surface area contributed by atoms with Gasteiger partial charge in [-0.15, -0.1) is 0 Å². The van der Waals surface area contributed by atoms with Gasteiger partial charge in [0.25, 0.3) is 0 Å². The van der Waals surface area contributed by atoms with Gasteiger partial charge >= 0.3 is 18.2 Å². The normalized spacial score (nSPS) is 18.3. The second kappa shape index (κ2) is 5.90. The number of rotatable bonds is 2. The summed E-state index contributed by atoms with van der Waals surface area (Å²) < 4.78 is 57.0. The SMILES string of the molecule is COC(=O)C1=C(C)NC(=O)N[C@H]1c1cc(C(F)(F)F)ccc1F. The van der Waals surface area contributed by atoms with Crippen molar-refractivity contribution in [2.75, 3.05) is 7.11 Å². The average molecular weight is 332 g/mol. The summed E-state index contributed by atoms with van der Waals surface area (Å²) in [5, 5.41) is 4.52. The summed E-state index contributed by atoms with van der Waals surface area (Å²) in [6.07, 6.45) is -4.69. The highest BCUT2D eigenvalue weighted by Gasteiger charge is 2.36. The number of amides is 2. The minimum Gasteiger partial charge on any atom is -0.466 e. The van der Waals surface area contributed by atoms with Gasteiger partial charge in [-0.3, -0.25) is 0 Å². The number of hydrogen-bond donors (Lipinski definition) is 2. The van der Waals surface area contributed by atoms with Gasteiger partial charge in [0.2, 0.25) is 0 Å². The Bertz CT molecular complexity index is 698. The number of halogens is 4. The fourth-order valence-corrected chi connectivity index (χ4v) is 2.25. The molecule has 1 atom stereocenters. The van der Waals surface area contributed by atoms with Crippen LogP contribution in [0.25, 0.3) is 0 Å². The predicted octanol–water partition coefficient (Wildman–Crippen LogP) is 2.65. The number of ether oxygens (including phenoxy) is 1. The van der Waals surface area contributed by atoms with E-state index in [9.17, 15) is 27.2 Å². The van der Waals surface area contributed by atoms with Crippen LogP contribution in [0.15, 0.2) is 29.5 Å². The number of carbonyl (C=O) groups excluding carboxylic acids is 2. The lowest BCUT2D eigenvalue weighted by Gasteiger charge is -2.28. The van der Waals surface area contributed by atoms with E-state index in [1.807, 2.05) is 0 Å². The fourth-order valence-electron chi connectivity index (χ4n) is 2.25. The van der Waals surface area contributed by atoms with Crippen molar-refractivity contribution < 1.29 is 31.9 Å². The first kappa shape index (κ1) is 16.8. The van der Waals surface area contributed by atoms with Crippen molar-refractivity contribution in [1.29, 1.82) is 0 Å². The molecule has 9 heteroatoms. The molecule has 1 aliphatic rings. The second-order valence-electron chi connectivity index (χ2n) is 4.80. The summed E-state index contributed by atoms with van der Waals surface area (Å²) in [5.74, 6) is -1.88. The molecule has 1 aromatic rings. The number of hydrogen-bond acceptors (Lipinski definition) is 3. The molecule has 5 nitrogen and oxygen atoms in total. The van der Waals surface area contributed by atoms with Gasteiger partial charge in [-0.2, -0.15) is 13.2 Å². The number of benzene rings is 1. The molecule has 2 N–H and O–H groups in total. The van der Waals surface area contributed by atoms with Gasteiger partial charge in [-0.1, -0.05) is 0 Å². The van der Waals surface area contributed by atoms with Crippen molar-refractivity contribution in [3.8, 4) is 0 Å². The smallest absolute Gasteiger partial charge is 0.416 e. The third kappa shape index (κ3) is 3.27. The number of carbonyl (C=O) groups is 2. The van der Waals surface area contributed by atoms with Gasteiger partial charge in [0.05, 0.1) is 24.3 Å². The summed E-state index contributed by atoms with van der Waals surface area (Å²) in [4.78, 5) is 23.4. The van der Waals surface area contributed by atoms with Crippen molar-refractivity contribution in [3.05, 3.63) is 46.4 Å². The zero-order valence-electron chi connectivity index (χ0n) is 12.0. The van der Waals surface area contributed by atoms with Crippen LogP contribution < -0.4 is 10.6 Å². The van der Waals surface area contributed by atoms with E-state index in [1.54, 1.807) is 0 Å². The van der Waals surface area contributed by atoms with Crippen LogP contribution in [0, 0.1) is 5.82 Å². The molecule has 1 aromatic carbocycles. The van der Waals surface area contributed by atoms with Crippen LogP contribution in [0.4, 0.5) is 22.4 Å². The van der Waals surface area contributed by atoms with Crippen LogP contribution in [0.1, 0.15) is 24.1 Å². The van der Waals surface area contributed by atoms with E-state index >= 15 is 0 Å². The van der Waals surface area contributed by atoms with Crippen molar-refractivity contribution in [2.24, 2.45) is 0 Å². The number of methoxy groups -OCH3 is 1. The van der Waals surface area contributed by atoms with Crippen molar-refractivity contribution >= 4 is 12.0 Å². The number of esters is 1. The Hall–Kier alpha value is -2.58. The molecule has 0 fully saturated rings. The van der Waals surface area contributed by atoms with E-state index in [0.717, 1.165) is 7.11 Å². The van der Waals surface area contributed by atoms with Crippen molar-refractivity contribution in [3.63, 3.8) is 0 Å². The minimum absolute atomic E-state index is 0.0717. The van der Waals surface area contributed by atoms with Crippen LogP contribution >= 0.6 is 0 Å². The zero-order chi connectivity index (χ0) is 17.4. The molecule has 2 rings (SSSR count). The molecule has 0 radical (unpaired) electrons. The maximum atomic E-state index is 14.0. The lowest BCUT2D eigenvalue weighted by molar-refractivity contribution is -0.137. The number of alkyl halides is 3. The Balaban J connectivity index is 2.60. The van der Waals surface area contributed by atoms with E-state index < -0.39 is 41.2 Å². The maximum absolute atomic E-state index is 14.0. The predicted molar refractivity (Wildman–Crippen MR) is 70.5 cm³/mol. The third-order valence-electron chi connectivity index (χ3n) is 3.31. The monoisotopic (exact) mass is 332 g/mol. The van der Waals surface area contributed by atoms with Gasteiger partial charge in [0.1, 0.15) is 5.82 Å². The maximum Gasteiger partial charge on any atom is 0.416 e. The lowest BCUT2D eigenvalue weighted by Crippen LogP contribution is -2.45. The highest BCUT2D eigenvalue weighted by Crippen LogP contribution is 2.35. The third-order valence-corrected chi connectivity index (χ3v) is 3.31. The zero-order valence-corrected chi connectivity index (χ0v) is 12.0. The average Bonchev–Trinajstić information content (AvgIpc) is 2.45. The van der Waals surface area contributed by atoms with Crippen LogP contribution in [0.3, 0.4) is 0 Å². The number of nitrogens with one attached hydrogen (secondary N) is 2. The first-order valence-corrected chi connectivity index (χ1v) is 6.38. The molecule has 0 saturated carbocycles. The summed E-state index contributed by atoms with van der Waals surface area (Å²) >= 11 is 0. The van der Waals surface area contributed by atoms with E-state index in [0.29, 0.717) is 18.2 Å². The highest BCUT2D eigenvalue weighted by atomic mass is 19.4. The summed E-state index contributed by atoms with van der Waals surface area (Å²) in [5.41, 5.74) is -1.68. The summed E-state index contributed by atoms with van der Waals surface area (Å²) in [6, 6.07) is -0.385. The molecule has 1 heterocycles. The molecule has 0 aliphatic carbocycles. The van der Waals surface area contributed by atoms with Gasteiger partial charge in [-0.05, 0) is 25.1 Å². The number of allylic oxidation sites excluding steroid dienone is 1. The Kier molecular flexibility index (Phi) is 4.31. The molecule has 0 unspecified atom stereocenters. The quantitative estimate of drug-likeness (QED) is 0.646. The summed E-state index contributed by atoms with van der Waals surface area (Å²) in [6.45, 7) is 1.36. The standard InChI is InChI=1S/C14H12F4N2O3/c1-6-10(12(21)23-2)11(20-13(22)19-6)8-5-7(14(16,17)18)3-4-9(8)15/h3-5,11H,1-2H3,(H2,19,20,22)/t11-/m0/s1. The van der Waals surface area contributed by atoms with Crippen LogP contribution in [-0.4, -0.2) is 19.1 Å². The van der Waals surface area contributed by atoms with E-state index in [1.165, 1.54) is 6.92 Å². The van der Waals surface area contributed by atoms with Gasteiger partial charge in [-0.25, -0.2) is 14.0 Å². The van der Waals surface area contributed by atoms with Crippen LogP contribution in [0.5, 0.6) is 0 Å². The first-order chi connectivity index (χ1) is 10.6.